The molecule has 2 heterocycles. The number of carboxylic acid groups (broad SMARTS) is 1. The number of aromatic nitrogens is 2. The minimum absolute atomic E-state index is 0.0292. The van der Waals surface area contributed by atoms with E-state index in [1.54, 1.807) is 6.07 Å². The molecule has 0 spiro atoms. The third-order valence-electron chi connectivity index (χ3n) is 3.06. The van der Waals surface area contributed by atoms with Crippen molar-refractivity contribution in [1.82, 2.24) is 9.38 Å². The third-order valence-corrected chi connectivity index (χ3v) is 3.74. The Labute approximate surface area is 136 Å². The summed E-state index contributed by atoms with van der Waals surface area (Å²) in [5.41, 5.74) is -0.135. The number of imidazole rings is 1. The number of halogens is 3. The van der Waals surface area contributed by atoms with Crippen LogP contribution in [0.15, 0.2) is 36.8 Å². The molecule has 0 aliphatic rings. The van der Waals surface area contributed by atoms with Gasteiger partial charge in [-0.2, -0.15) is 0 Å². The number of fused-ring (bicyclic) bond motifs is 1. The molecular formula is C14H8F2IN3O2. The van der Waals surface area contributed by atoms with E-state index in [-0.39, 0.29) is 22.6 Å². The Balaban J connectivity index is 2.20. The molecule has 0 saturated heterocycles. The monoisotopic (exact) mass is 415 g/mol. The molecule has 0 atom stereocenters. The molecule has 8 heteroatoms. The zero-order chi connectivity index (χ0) is 15.9. The average Bonchev–Trinajstić information content (AvgIpc) is 2.94. The number of carbonyl (C=O) groups is 1. The van der Waals surface area contributed by atoms with Gasteiger partial charge in [0.25, 0.3) is 0 Å². The first-order valence-electron chi connectivity index (χ1n) is 6.07. The predicted octanol–water partition coefficient (Wildman–Crippen LogP) is 3.66. The first kappa shape index (κ1) is 14.7. The number of rotatable bonds is 3. The summed E-state index contributed by atoms with van der Waals surface area (Å²) < 4.78 is 29.8. The van der Waals surface area contributed by atoms with Crippen LogP contribution in [-0.2, 0) is 0 Å². The van der Waals surface area contributed by atoms with Crippen LogP contribution in [-0.4, -0.2) is 20.5 Å². The molecule has 3 aromatic rings. The van der Waals surface area contributed by atoms with Crippen LogP contribution in [0.25, 0.3) is 5.52 Å². The lowest BCUT2D eigenvalue weighted by atomic mass is 10.2. The van der Waals surface area contributed by atoms with Crippen molar-refractivity contribution in [3.63, 3.8) is 0 Å². The van der Waals surface area contributed by atoms with E-state index in [0.29, 0.717) is 3.57 Å². The van der Waals surface area contributed by atoms with E-state index in [0.717, 1.165) is 6.07 Å². The Bertz CT molecular complexity index is 895. The maximum Gasteiger partial charge on any atom is 0.339 e. The summed E-state index contributed by atoms with van der Waals surface area (Å²) in [5.74, 6) is -2.56. The maximum atomic E-state index is 14.0. The van der Waals surface area contributed by atoms with Crippen LogP contribution in [0.1, 0.15) is 10.4 Å². The Morgan fingerprint density at radius 2 is 2.05 bits per heavy atom. The second kappa shape index (κ2) is 5.52. The summed E-state index contributed by atoms with van der Waals surface area (Å²) in [6.45, 7) is 0. The molecule has 0 aliphatic carbocycles. The predicted molar refractivity (Wildman–Crippen MR) is 84.5 cm³/mol. The lowest BCUT2D eigenvalue weighted by Crippen LogP contribution is -2.09. The molecule has 2 N–H and O–H groups in total. The lowest BCUT2D eigenvalue weighted by molar-refractivity contribution is 0.0697. The van der Waals surface area contributed by atoms with Crippen molar-refractivity contribution in [1.29, 1.82) is 0 Å². The van der Waals surface area contributed by atoms with Gasteiger partial charge in [0.1, 0.15) is 34.9 Å². The van der Waals surface area contributed by atoms with Gasteiger partial charge in [0.05, 0.1) is 11.9 Å². The molecule has 2 aromatic heterocycles. The van der Waals surface area contributed by atoms with Crippen molar-refractivity contribution in [3.05, 3.63) is 57.6 Å². The summed E-state index contributed by atoms with van der Waals surface area (Å²) in [7, 11) is 0. The molecule has 5 nitrogen and oxygen atoms in total. The van der Waals surface area contributed by atoms with Gasteiger partial charge in [0.15, 0.2) is 0 Å². The van der Waals surface area contributed by atoms with Gasteiger partial charge < -0.3 is 10.4 Å². The molecular weight excluding hydrogens is 407 g/mol. The van der Waals surface area contributed by atoms with E-state index in [4.69, 9.17) is 0 Å². The van der Waals surface area contributed by atoms with E-state index in [1.807, 2.05) is 22.6 Å². The van der Waals surface area contributed by atoms with E-state index < -0.39 is 17.6 Å². The maximum absolute atomic E-state index is 14.0. The van der Waals surface area contributed by atoms with E-state index in [9.17, 15) is 18.7 Å². The highest BCUT2D eigenvalue weighted by molar-refractivity contribution is 14.1. The van der Waals surface area contributed by atoms with Crippen molar-refractivity contribution in [2.75, 3.05) is 5.32 Å². The van der Waals surface area contributed by atoms with Gasteiger partial charge in [-0.1, -0.05) is 0 Å². The fourth-order valence-electron chi connectivity index (χ4n) is 2.06. The molecule has 0 amide bonds. The molecule has 1 aromatic carbocycles. The number of carboxylic acids is 1. The summed E-state index contributed by atoms with van der Waals surface area (Å²) in [6.07, 6.45) is 2.52. The average molecular weight is 415 g/mol. The highest BCUT2D eigenvalue weighted by atomic mass is 127. The first-order chi connectivity index (χ1) is 10.5. The van der Waals surface area contributed by atoms with Crippen molar-refractivity contribution in [3.8, 4) is 0 Å². The van der Waals surface area contributed by atoms with Gasteiger partial charge in [-0.15, -0.1) is 0 Å². The van der Waals surface area contributed by atoms with Crippen LogP contribution >= 0.6 is 22.6 Å². The molecule has 112 valence electrons. The topological polar surface area (TPSA) is 66.6 Å². The normalized spacial score (nSPS) is 10.9. The summed E-state index contributed by atoms with van der Waals surface area (Å²) in [6, 6.07) is 5.33. The zero-order valence-corrected chi connectivity index (χ0v) is 13.0. The lowest BCUT2D eigenvalue weighted by Gasteiger charge is -2.13. The fraction of sp³-hybridized carbons (Fsp3) is 0. The van der Waals surface area contributed by atoms with Gasteiger partial charge in [-0.05, 0) is 46.9 Å². The van der Waals surface area contributed by atoms with Gasteiger partial charge in [0, 0.05) is 3.57 Å². The number of anilines is 2. The largest absolute Gasteiger partial charge is 0.478 e. The second-order valence-electron chi connectivity index (χ2n) is 4.46. The van der Waals surface area contributed by atoms with Crippen LogP contribution in [0.3, 0.4) is 0 Å². The SMILES string of the molecule is O=C(O)c1cc(F)c2cncn2c1Nc1ccc(I)cc1F. The number of hydrogen-bond donors (Lipinski definition) is 2. The number of nitrogens with one attached hydrogen (secondary N) is 1. The Kier molecular flexibility index (Phi) is 3.69. The van der Waals surface area contributed by atoms with E-state index >= 15 is 0 Å². The minimum Gasteiger partial charge on any atom is -0.478 e. The second-order valence-corrected chi connectivity index (χ2v) is 5.70. The van der Waals surface area contributed by atoms with Gasteiger partial charge in [0.2, 0.25) is 0 Å². The first-order valence-corrected chi connectivity index (χ1v) is 7.15. The molecule has 0 radical (unpaired) electrons. The van der Waals surface area contributed by atoms with Crippen molar-refractivity contribution in [2.24, 2.45) is 0 Å². The van der Waals surface area contributed by atoms with Crippen LogP contribution in [0.4, 0.5) is 20.3 Å². The Hall–Kier alpha value is -2.23. The number of pyridine rings is 1. The highest BCUT2D eigenvalue weighted by Crippen LogP contribution is 2.27. The molecule has 0 aliphatic heterocycles. The van der Waals surface area contributed by atoms with E-state index in [1.165, 1.54) is 29.1 Å². The third kappa shape index (κ3) is 2.49. The highest BCUT2D eigenvalue weighted by Gasteiger charge is 2.18. The van der Waals surface area contributed by atoms with Crippen LogP contribution in [0, 0.1) is 15.2 Å². The zero-order valence-electron chi connectivity index (χ0n) is 10.8. The van der Waals surface area contributed by atoms with Crippen molar-refractivity contribution < 1.29 is 18.7 Å². The van der Waals surface area contributed by atoms with Crippen LogP contribution in [0.5, 0.6) is 0 Å². The quantitative estimate of drug-likeness (QED) is 0.641. The molecule has 3 rings (SSSR count). The Morgan fingerprint density at radius 1 is 1.27 bits per heavy atom. The summed E-state index contributed by atoms with van der Waals surface area (Å²) in [4.78, 5) is 15.1. The van der Waals surface area contributed by atoms with Crippen LogP contribution in [0.2, 0.25) is 0 Å². The summed E-state index contributed by atoms with van der Waals surface area (Å²) >= 11 is 1.96. The van der Waals surface area contributed by atoms with Crippen molar-refractivity contribution in [2.45, 2.75) is 0 Å². The van der Waals surface area contributed by atoms with Crippen LogP contribution < -0.4 is 5.32 Å². The summed E-state index contributed by atoms with van der Waals surface area (Å²) in [5, 5.41) is 11.9. The number of benzene rings is 1. The molecule has 22 heavy (non-hydrogen) atoms. The number of aromatic carboxylic acids is 1. The minimum atomic E-state index is -1.33. The molecule has 0 unspecified atom stereocenters. The molecule has 0 fully saturated rings. The van der Waals surface area contributed by atoms with Gasteiger partial charge in [-0.25, -0.2) is 18.6 Å². The molecule has 0 saturated carbocycles. The van der Waals surface area contributed by atoms with Gasteiger partial charge >= 0.3 is 5.97 Å². The fourth-order valence-corrected chi connectivity index (χ4v) is 2.51. The number of hydrogen-bond acceptors (Lipinski definition) is 3. The standard InChI is InChI=1S/C14H8F2IN3O2/c15-9-3-7(17)1-2-11(9)19-13-8(14(21)22)4-10(16)12-5-18-6-20(12)13/h1-6,19H,(H,21,22). The van der Waals surface area contributed by atoms with Gasteiger partial charge in [-0.3, -0.25) is 4.40 Å². The van der Waals surface area contributed by atoms with E-state index in [2.05, 4.69) is 10.3 Å². The number of nitrogens with zero attached hydrogens (tertiary/aromatic N) is 2. The smallest absolute Gasteiger partial charge is 0.339 e. The molecule has 0 bridgehead atoms. The van der Waals surface area contributed by atoms with Crippen molar-refractivity contribution >= 4 is 45.6 Å². The Morgan fingerprint density at radius 3 is 2.73 bits per heavy atom.